The largest absolute Gasteiger partial charge is 0.346 e. The quantitative estimate of drug-likeness (QED) is 0.559. The highest BCUT2D eigenvalue weighted by Crippen LogP contribution is 2.28. The fraction of sp³-hybridized carbons (Fsp3) is 0.100. The van der Waals surface area contributed by atoms with Crippen molar-refractivity contribution in [3.8, 4) is 17.3 Å². The van der Waals surface area contributed by atoms with Crippen molar-refractivity contribution in [1.82, 2.24) is 24.7 Å². The third kappa shape index (κ3) is 2.76. The molecule has 0 fully saturated rings. The molecule has 6 heteroatoms. The summed E-state index contributed by atoms with van der Waals surface area (Å²) < 4.78 is 1.90. The predicted molar refractivity (Wildman–Crippen MR) is 99.2 cm³/mol. The molecule has 1 aromatic carbocycles. The van der Waals surface area contributed by atoms with Gasteiger partial charge in [-0.2, -0.15) is 10.4 Å². The van der Waals surface area contributed by atoms with Crippen molar-refractivity contribution >= 4 is 11.0 Å². The average Bonchev–Trinajstić information content (AvgIpc) is 3.35. The van der Waals surface area contributed by atoms with E-state index in [-0.39, 0.29) is 6.04 Å². The molecule has 1 atom stereocenters. The fourth-order valence-corrected chi connectivity index (χ4v) is 3.10. The molecule has 1 unspecified atom stereocenters. The van der Waals surface area contributed by atoms with Gasteiger partial charge in [0.15, 0.2) is 0 Å². The van der Waals surface area contributed by atoms with Crippen molar-refractivity contribution in [3.05, 3.63) is 79.0 Å². The number of benzene rings is 1. The van der Waals surface area contributed by atoms with Crippen molar-refractivity contribution in [2.45, 2.75) is 12.5 Å². The second-order valence-corrected chi connectivity index (χ2v) is 5.95. The van der Waals surface area contributed by atoms with Crippen molar-refractivity contribution in [2.24, 2.45) is 0 Å². The number of nitrogens with one attached hydrogen (secondary N) is 1. The summed E-state index contributed by atoms with van der Waals surface area (Å²) in [5.74, 6) is 0. The molecule has 0 saturated carbocycles. The lowest BCUT2D eigenvalue weighted by molar-refractivity contribution is 0.529. The second kappa shape index (κ2) is 6.65. The Bertz CT molecular complexity index is 1110. The Morgan fingerprint density at radius 1 is 1.31 bits per heavy atom. The zero-order chi connectivity index (χ0) is 17.9. The van der Waals surface area contributed by atoms with Gasteiger partial charge < -0.3 is 4.98 Å². The Labute approximate surface area is 150 Å². The Balaban J connectivity index is 1.76. The summed E-state index contributed by atoms with van der Waals surface area (Å²) in [6.45, 7) is 3.86. The van der Waals surface area contributed by atoms with Gasteiger partial charge in [0.2, 0.25) is 0 Å². The SMILES string of the molecule is C=CCC(c1cccc(C#N)c1)n1cc(-c2ncnc3[nH]ccc23)cn1. The van der Waals surface area contributed by atoms with E-state index in [4.69, 9.17) is 5.26 Å². The number of hydrogen-bond donors (Lipinski definition) is 1. The summed E-state index contributed by atoms with van der Waals surface area (Å²) in [6, 6.07) is 11.7. The molecule has 1 N–H and O–H groups in total. The molecular weight excluding hydrogens is 324 g/mol. The zero-order valence-corrected chi connectivity index (χ0v) is 14.0. The van der Waals surface area contributed by atoms with Gasteiger partial charge in [-0.15, -0.1) is 6.58 Å². The number of nitrogens with zero attached hydrogens (tertiary/aromatic N) is 5. The third-order valence-corrected chi connectivity index (χ3v) is 4.34. The Hall–Kier alpha value is -3.72. The van der Waals surface area contributed by atoms with Gasteiger partial charge in [0.25, 0.3) is 0 Å². The molecule has 0 aliphatic heterocycles. The van der Waals surface area contributed by atoms with Crippen molar-refractivity contribution in [3.63, 3.8) is 0 Å². The highest BCUT2D eigenvalue weighted by atomic mass is 15.3. The molecule has 0 bridgehead atoms. The summed E-state index contributed by atoms with van der Waals surface area (Å²) >= 11 is 0. The Kier molecular flexibility index (Phi) is 4.04. The maximum absolute atomic E-state index is 9.17. The first-order chi connectivity index (χ1) is 12.8. The van der Waals surface area contributed by atoms with Gasteiger partial charge in [0.05, 0.1) is 29.6 Å². The van der Waals surface area contributed by atoms with Crippen LogP contribution in [0.1, 0.15) is 23.6 Å². The lowest BCUT2D eigenvalue weighted by Crippen LogP contribution is -2.10. The number of fused-ring (bicyclic) bond motifs is 1. The molecule has 4 aromatic rings. The van der Waals surface area contributed by atoms with Gasteiger partial charge in [-0.05, 0) is 30.2 Å². The van der Waals surface area contributed by atoms with Gasteiger partial charge in [-0.3, -0.25) is 4.68 Å². The Morgan fingerprint density at radius 3 is 3.08 bits per heavy atom. The van der Waals surface area contributed by atoms with Crippen LogP contribution in [0.4, 0.5) is 0 Å². The minimum Gasteiger partial charge on any atom is -0.346 e. The molecule has 3 aromatic heterocycles. The maximum atomic E-state index is 9.17. The van der Waals surface area contributed by atoms with Gasteiger partial charge in [-0.25, -0.2) is 9.97 Å². The molecule has 3 heterocycles. The van der Waals surface area contributed by atoms with E-state index < -0.39 is 0 Å². The molecular formula is C20H16N6. The normalized spacial score (nSPS) is 12.0. The van der Waals surface area contributed by atoms with Crippen LogP contribution in [0.25, 0.3) is 22.3 Å². The first-order valence-electron chi connectivity index (χ1n) is 8.23. The summed E-state index contributed by atoms with van der Waals surface area (Å²) in [5, 5.41) is 14.7. The highest BCUT2D eigenvalue weighted by Gasteiger charge is 2.16. The summed E-state index contributed by atoms with van der Waals surface area (Å²) in [6.07, 6.45) is 9.74. The lowest BCUT2D eigenvalue weighted by Gasteiger charge is -2.16. The number of allylic oxidation sites excluding steroid dienone is 1. The summed E-state index contributed by atoms with van der Waals surface area (Å²) in [4.78, 5) is 11.7. The Morgan fingerprint density at radius 2 is 2.23 bits per heavy atom. The fourth-order valence-electron chi connectivity index (χ4n) is 3.10. The van der Waals surface area contributed by atoms with Crippen LogP contribution >= 0.6 is 0 Å². The number of nitriles is 1. The van der Waals surface area contributed by atoms with E-state index in [1.165, 1.54) is 0 Å². The van der Waals surface area contributed by atoms with Gasteiger partial charge in [0, 0.05) is 23.3 Å². The molecule has 0 amide bonds. The van der Waals surface area contributed by atoms with Gasteiger partial charge >= 0.3 is 0 Å². The molecule has 0 saturated heterocycles. The van der Waals surface area contributed by atoms with E-state index in [0.717, 1.165) is 27.9 Å². The minimum absolute atomic E-state index is 0.0295. The lowest BCUT2D eigenvalue weighted by atomic mass is 10.0. The second-order valence-electron chi connectivity index (χ2n) is 5.95. The number of hydrogen-bond acceptors (Lipinski definition) is 4. The predicted octanol–water partition coefficient (Wildman–Crippen LogP) is 3.86. The van der Waals surface area contributed by atoms with Crippen LogP contribution < -0.4 is 0 Å². The van der Waals surface area contributed by atoms with E-state index in [1.54, 1.807) is 18.6 Å². The molecule has 26 heavy (non-hydrogen) atoms. The number of aromatic nitrogens is 5. The molecule has 0 spiro atoms. The highest BCUT2D eigenvalue weighted by molar-refractivity contribution is 5.89. The standard InChI is InChI=1S/C20H16N6/c1-2-4-18(15-6-3-5-14(9-15)10-21)26-12-16(11-25-26)19-17-7-8-22-20(17)24-13-23-19/h2-3,5-9,11-13,18H,1,4H2,(H,22,23,24). The van der Waals surface area contributed by atoms with Crippen molar-refractivity contribution in [2.75, 3.05) is 0 Å². The molecule has 0 aliphatic carbocycles. The van der Waals surface area contributed by atoms with E-state index in [2.05, 4.69) is 32.7 Å². The number of rotatable bonds is 5. The van der Waals surface area contributed by atoms with Crippen LogP contribution in [0.15, 0.2) is 67.9 Å². The van der Waals surface area contributed by atoms with Gasteiger partial charge in [-0.1, -0.05) is 18.2 Å². The van der Waals surface area contributed by atoms with E-state index in [1.807, 2.05) is 47.4 Å². The monoisotopic (exact) mass is 340 g/mol. The van der Waals surface area contributed by atoms with Crippen LogP contribution in [0.5, 0.6) is 0 Å². The molecule has 4 rings (SSSR count). The van der Waals surface area contributed by atoms with Crippen molar-refractivity contribution in [1.29, 1.82) is 5.26 Å². The maximum Gasteiger partial charge on any atom is 0.141 e. The average molecular weight is 340 g/mol. The first kappa shape index (κ1) is 15.8. The number of H-pyrrole nitrogens is 1. The third-order valence-electron chi connectivity index (χ3n) is 4.34. The minimum atomic E-state index is -0.0295. The summed E-state index contributed by atoms with van der Waals surface area (Å²) in [7, 11) is 0. The van der Waals surface area contributed by atoms with Gasteiger partial charge in [0.1, 0.15) is 12.0 Å². The van der Waals surface area contributed by atoms with Crippen LogP contribution in [0, 0.1) is 11.3 Å². The zero-order valence-electron chi connectivity index (χ0n) is 14.0. The molecule has 6 nitrogen and oxygen atoms in total. The topological polar surface area (TPSA) is 83.2 Å². The van der Waals surface area contributed by atoms with Crippen LogP contribution in [0.3, 0.4) is 0 Å². The van der Waals surface area contributed by atoms with E-state index in [0.29, 0.717) is 12.0 Å². The molecule has 0 radical (unpaired) electrons. The van der Waals surface area contributed by atoms with E-state index >= 15 is 0 Å². The smallest absolute Gasteiger partial charge is 0.141 e. The first-order valence-corrected chi connectivity index (χ1v) is 8.23. The van der Waals surface area contributed by atoms with Crippen LogP contribution in [0.2, 0.25) is 0 Å². The number of aromatic amines is 1. The van der Waals surface area contributed by atoms with E-state index in [9.17, 15) is 0 Å². The molecule has 0 aliphatic rings. The van der Waals surface area contributed by atoms with Crippen LogP contribution in [-0.2, 0) is 0 Å². The molecule has 126 valence electrons. The summed E-state index contributed by atoms with van der Waals surface area (Å²) in [5.41, 5.74) is 4.21. The van der Waals surface area contributed by atoms with Crippen LogP contribution in [-0.4, -0.2) is 24.7 Å². The van der Waals surface area contributed by atoms with Crippen molar-refractivity contribution < 1.29 is 0 Å².